The fraction of sp³-hybridized carbons (Fsp3) is 0.500. The zero-order valence-corrected chi connectivity index (χ0v) is 11.5. The van der Waals surface area contributed by atoms with Crippen LogP contribution in [0.4, 0.5) is 0 Å². The molecule has 0 aliphatic heterocycles. The first-order valence-electron chi connectivity index (χ1n) is 6.88. The van der Waals surface area contributed by atoms with Crippen LogP contribution < -0.4 is 10.5 Å². The summed E-state index contributed by atoms with van der Waals surface area (Å²) in [6.07, 6.45) is 3.00. The van der Waals surface area contributed by atoms with Gasteiger partial charge in [0.15, 0.2) is 12.4 Å². The summed E-state index contributed by atoms with van der Waals surface area (Å²) in [5.74, 6) is 2.52. The van der Waals surface area contributed by atoms with Gasteiger partial charge in [-0.2, -0.15) is 4.98 Å². The summed E-state index contributed by atoms with van der Waals surface area (Å²) in [7, 11) is 0. The first-order valence-corrected chi connectivity index (χ1v) is 6.88. The molecule has 2 aromatic rings. The molecule has 3 rings (SSSR count). The average molecular weight is 274 g/mol. The second-order valence-electron chi connectivity index (χ2n) is 5.05. The van der Waals surface area contributed by atoms with E-state index in [0.29, 0.717) is 24.8 Å². The van der Waals surface area contributed by atoms with Crippen molar-refractivity contribution in [2.45, 2.75) is 38.7 Å². The zero-order valence-electron chi connectivity index (χ0n) is 11.5. The Hall–Kier alpha value is -1.95. The molecule has 0 aromatic carbocycles. The van der Waals surface area contributed by atoms with Gasteiger partial charge in [-0.1, -0.05) is 5.16 Å². The van der Waals surface area contributed by atoms with Crippen molar-refractivity contribution in [1.29, 1.82) is 0 Å². The number of nitrogens with two attached hydrogens (primary N) is 1. The van der Waals surface area contributed by atoms with Gasteiger partial charge in [-0.25, -0.2) is 0 Å². The van der Waals surface area contributed by atoms with E-state index in [1.807, 2.05) is 19.1 Å². The summed E-state index contributed by atoms with van der Waals surface area (Å²) in [4.78, 5) is 8.78. The van der Waals surface area contributed by atoms with Crippen molar-refractivity contribution in [3.8, 4) is 5.75 Å². The van der Waals surface area contributed by atoms with Crippen LogP contribution in [0.1, 0.15) is 41.9 Å². The zero-order chi connectivity index (χ0) is 13.9. The minimum Gasteiger partial charge on any atom is -0.482 e. The van der Waals surface area contributed by atoms with E-state index in [9.17, 15) is 0 Å². The van der Waals surface area contributed by atoms with Crippen molar-refractivity contribution in [3.63, 3.8) is 0 Å². The number of hydrogen-bond acceptors (Lipinski definition) is 6. The van der Waals surface area contributed by atoms with Gasteiger partial charge in [0.1, 0.15) is 5.75 Å². The molecule has 6 nitrogen and oxygen atoms in total. The molecule has 20 heavy (non-hydrogen) atoms. The summed E-state index contributed by atoms with van der Waals surface area (Å²) in [5, 5.41) is 3.96. The highest BCUT2D eigenvalue weighted by Crippen LogP contribution is 2.38. The molecule has 6 heteroatoms. The van der Waals surface area contributed by atoms with E-state index in [1.54, 1.807) is 0 Å². The Balaban J connectivity index is 1.67. The highest BCUT2D eigenvalue weighted by molar-refractivity contribution is 5.29. The van der Waals surface area contributed by atoms with Crippen LogP contribution in [0, 0.1) is 6.92 Å². The van der Waals surface area contributed by atoms with Crippen LogP contribution in [0.5, 0.6) is 5.75 Å². The largest absolute Gasteiger partial charge is 0.482 e. The van der Waals surface area contributed by atoms with E-state index < -0.39 is 0 Å². The van der Waals surface area contributed by atoms with Crippen LogP contribution in [-0.2, 0) is 13.0 Å². The number of ether oxygens (including phenoxy) is 1. The number of hydrogen-bond donors (Lipinski definition) is 1. The standard InChI is InChI=1S/C14H18N4O2/c1-9-2-5-12(11(16-9)6-7-15)19-8-13-17-14(18-20-13)10-3-4-10/h2,5,10H,3-4,6-8,15H2,1H3. The molecular formula is C14H18N4O2. The van der Waals surface area contributed by atoms with Crippen molar-refractivity contribution >= 4 is 0 Å². The van der Waals surface area contributed by atoms with Gasteiger partial charge in [0.25, 0.3) is 5.89 Å². The lowest BCUT2D eigenvalue weighted by molar-refractivity contribution is 0.239. The molecule has 1 aliphatic carbocycles. The van der Waals surface area contributed by atoms with E-state index in [4.69, 9.17) is 15.0 Å². The lowest BCUT2D eigenvalue weighted by atomic mass is 10.2. The monoisotopic (exact) mass is 274 g/mol. The molecule has 0 atom stereocenters. The Morgan fingerprint density at radius 2 is 2.20 bits per heavy atom. The molecular weight excluding hydrogens is 256 g/mol. The summed E-state index contributed by atoms with van der Waals surface area (Å²) in [6.45, 7) is 2.75. The van der Waals surface area contributed by atoms with Crippen LogP contribution in [0.15, 0.2) is 16.7 Å². The SMILES string of the molecule is Cc1ccc(OCc2nc(C3CC3)no2)c(CCN)n1. The Bertz CT molecular complexity index is 593. The van der Waals surface area contributed by atoms with Crippen LogP contribution in [0.25, 0.3) is 0 Å². The smallest absolute Gasteiger partial charge is 0.264 e. The van der Waals surface area contributed by atoms with E-state index in [1.165, 1.54) is 0 Å². The summed E-state index contributed by atoms with van der Waals surface area (Å²) in [5.41, 5.74) is 7.42. The Morgan fingerprint density at radius 1 is 1.35 bits per heavy atom. The summed E-state index contributed by atoms with van der Waals surface area (Å²) in [6, 6.07) is 3.82. The second-order valence-corrected chi connectivity index (χ2v) is 5.05. The van der Waals surface area contributed by atoms with Crippen LogP contribution in [0.2, 0.25) is 0 Å². The molecule has 0 unspecified atom stereocenters. The van der Waals surface area contributed by atoms with Gasteiger partial charge >= 0.3 is 0 Å². The molecule has 2 heterocycles. The van der Waals surface area contributed by atoms with Gasteiger partial charge in [0, 0.05) is 18.0 Å². The normalized spacial score (nSPS) is 14.5. The molecule has 0 radical (unpaired) electrons. The van der Waals surface area contributed by atoms with Crippen LogP contribution in [-0.4, -0.2) is 21.7 Å². The highest BCUT2D eigenvalue weighted by Gasteiger charge is 2.28. The highest BCUT2D eigenvalue weighted by atomic mass is 16.5. The first-order chi connectivity index (χ1) is 9.76. The van der Waals surface area contributed by atoms with E-state index in [-0.39, 0.29) is 6.61 Å². The lowest BCUT2D eigenvalue weighted by Crippen LogP contribution is -2.08. The van der Waals surface area contributed by atoms with Gasteiger partial charge in [-0.05, 0) is 38.4 Å². The van der Waals surface area contributed by atoms with Gasteiger partial charge in [-0.15, -0.1) is 0 Å². The number of aryl methyl sites for hydroxylation is 1. The van der Waals surface area contributed by atoms with Crippen molar-refractivity contribution in [2.24, 2.45) is 5.73 Å². The van der Waals surface area contributed by atoms with Crippen molar-refractivity contribution in [3.05, 3.63) is 35.2 Å². The van der Waals surface area contributed by atoms with E-state index in [2.05, 4.69) is 15.1 Å². The summed E-state index contributed by atoms with van der Waals surface area (Å²) < 4.78 is 10.9. The molecule has 0 amide bonds. The van der Waals surface area contributed by atoms with Crippen molar-refractivity contribution in [1.82, 2.24) is 15.1 Å². The first kappa shape index (κ1) is 13.1. The second kappa shape index (κ2) is 5.58. The lowest BCUT2D eigenvalue weighted by Gasteiger charge is -2.09. The topological polar surface area (TPSA) is 87.1 Å². The van der Waals surface area contributed by atoms with Gasteiger partial charge < -0.3 is 15.0 Å². The third kappa shape index (κ3) is 2.96. The molecule has 1 saturated carbocycles. The van der Waals surface area contributed by atoms with Gasteiger partial charge in [0.2, 0.25) is 0 Å². The van der Waals surface area contributed by atoms with Crippen molar-refractivity contribution in [2.75, 3.05) is 6.54 Å². The Morgan fingerprint density at radius 3 is 2.95 bits per heavy atom. The molecule has 2 N–H and O–H groups in total. The molecule has 1 fully saturated rings. The number of aromatic nitrogens is 3. The molecule has 0 spiro atoms. The van der Waals surface area contributed by atoms with Gasteiger partial charge in [-0.3, -0.25) is 4.98 Å². The molecule has 1 aliphatic rings. The maximum absolute atomic E-state index is 5.73. The Kier molecular flexibility index (Phi) is 3.64. The predicted molar refractivity (Wildman–Crippen MR) is 72.3 cm³/mol. The van der Waals surface area contributed by atoms with Crippen molar-refractivity contribution < 1.29 is 9.26 Å². The fourth-order valence-electron chi connectivity index (χ4n) is 2.02. The summed E-state index contributed by atoms with van der Waals surface area (Å²) >= 11 is 0. The van der Waals surface area contributed by atoms with Crippen LogP contribution in [0.3, 0.4) is 0 Å². The predicted octanol–water partition coefficient (Wildman–Crippen LogP) is 1.73. The number of rotatable bonds is 6. The minimum absolute atomic E-state index is 0.266. The van der Waals surface area contributed by atoms with Gasteiger partial charge in [0.05, 0.1) is 5.69 Å². The minimum atomic E-state index is 0.266. The van der Waals surface area contributed by atoms with E-state index in [0.717, 1.165) is 35.8 Å². The van der Waals surface area contributed by atoms with E-state index >= 15 is 0 Å². The molecule has 0 bridgehead atoms. The maximum atomic E-state index is 5.73. The molecule has 0 saturated heterocycles. The quantitative estimate of drug-likeness (QED) is 0.863. The third-order valence-electron chi connectivity index (χ3n) is 3.23. The third-order valence-corrected chi connectivity index (χ3v) is 3.23. The average Bonchev–Trinajstić information content (AvgIpc) is 3.18. The fourth-order valence-corrected chi connectivity index (χ4v) is 2.02. The Labute approximate surface area is 117 Å². The molecule has 2 aromatic heterocycles. The number of pyridine rings is 1. The number of nitrogens with zero attached hydrogens (tertiary/aromatic N) is 3. The maximum Gasteiger partial charge on any atom is 0.264 e. The molecule has 106 valence electrons. The van der Waals surface area contributed by atoms with Crippen LogP contribution >= 0.6 is 0 Å².